The van der Waals surface area contributed by atoms with Gasteiger partial charge in [0.2, 0.25) is 5.78 Å². The van der Waals surface area contributed by atoms with Crippen molar-refractivity contribution in [3.63, 3.8) is 0 Å². The molecule has 0 spiro atoms. The van der Waals surface area contributed by atoms with E-state index in [0.29, 0.717) is 5.56 Å². The van der Waals surface area contributed by atoms with Gasteiger partial charge in [0, 0.05) is 11.5 Å². The van der Waals surface area contributed by atoms with E-state index in [4.69, 9.17) is 5.73 Å². The number of phenols is 1. The summed E-state index contributed by atoms with van der Waals surface area (Å²) in [4.78, 5) is 40.0. The molecule has 1 aromatic carbocycles. The third-order valence-electron chi connectivity index (χ3n) is 6.99. The van der Waals surface area contributed by atoms with Crippen LogP contribution < -0.4 is 35.3 Å². The van der Waals surface area contributed by atoms with Crippen LogP contribution in [0.25, 0.3) is 5.76 Å². The van der Waals surface area contributed by atoms with E-state index in [0.717, 1.165) is 0 Å². The van der Waals surface area contributed by atoms with E-state index in [-0.39, 0.29) is 42.3 Å². The van der Waals surface area contributed by atoms with Crippen LogP contribution in [0.15, 0.2) is 35.1 Å². The van der Waals surface area contributed by atoms with E-state index >= 15 is 0 Å². The number of aliphatic hydroxyl groups excluding tert-OH is 3. The molecule has 172 valence electrons. The number of primary amides is 1. The standard InChI is InChI=1S/C22H24N2O8.Na.H/c1-7-8-5-4-6-9(25)11(8)16(26)12-10(7)17(27)14-15(24(2)3)18(28)13(21(23)31)20(30)22(14,32)19(12)29;;/h4-7,10,14-15,17,25-27,30,32H,1-3H3,(H2,23,31);;/q;+1;-1/t7-,10+,14-,15-,17-,22-;;/m0../s1. The Kier molecular flexibility index (Phi) is 6.33. The molecule has 1 aromatic rings. The third kappa shape index (κ3) is 3.13. The molecule has 10 nitrogen and oxygen atoms in total. The summed E-state index contributed by atoms with van der Waals surface area (Å²) in [5, 5.41) is 54.9. The van der Waals surface area contributed by atoms with E-state index in [2.05, 4.69) is 0 Å². The normalized spacial score (nSPS) is 33.3. The smallest absolute Gasteiger partial charge is 1.00 e. The number of likely N-dealkylation sites (N-methyl/N-ethyl adjacent to an activating group) is 1. The fraction of sp³-hybridized carbons (Fsp3) is 0.409. The Hall–Kier alpha value is -2.21. The molecular weight excluding hydrogens is 443 g/mol. The molecule has 1 fully saturated rings. The predicted octanol–water partition coefficient (Wildman–Crippen LogP) is -3.39. The summed E-state index contributed by atoms with van der Waals surface area (Å²) < 4.78 is 0. The van der Waals surface area contributed by atoms with Crippen molar-refractivity contribution in [3.8, 4) is 5.75 Å². The van der Waals surface area contributed by atoms with Crippen LogP contribution in [-0.2, 0) is 14.4 Å². The van der Waals surface area contributed by atoms with Crippen molar-refractivity contribution in [2.24, 2.45) is 17.6 Å². The van der Waals surface area contributed by atoms with Gasteiger partial charge in [-0.2, -0.15) is 0 Å². The Bertz CT molecular complexity index is 1150. The van der Waals surface area contributed by atoms with Crippen molar-refractivity contribution in [1.29, 1.82) is 0 Å². The predicted molar refractivity (Wildman–Crippen MR) is 111 cm³/mol. The van der Waals surface area contributed by atoms with Gasteiger partial charge in [0.1, 0.15) is 22.8 Å². The van der Waals surface area contributed by atoms with Gasteiger partial charge in [-0.1, -0.05) is 19.1 Å². The second-order valence-electron chi connectivity index (χ2n) is 8.79. The monoisotopic (exact) mass is 468 g/mol. The molecule has 3 aliphatic carbocycles. The summed E-state index contributed by atoms with van der Waals surface area (Å²) >= 11 is 0. The zero-order valence-corrected chi connectivity index (χ0v) is 20.6. The van der Waals surface area contributed by atoms with Crippen LogP contribution >= 0.6 is 0 Å². The maximum atomic E-state index is 13.7. The van der Waals surface area contributed by atoms with Gasteiger partial charge in [-0.15, -0.1) is 0 Å². The molecule has 7 N–H and O–H groups in total. The summed E-state index contributed by atoms with van der Waals surface area (Å²) in [6.45, 7) is 1.68. The summed E-state index contributed by atoms with van der Waals surface area (Å²) in [6.07, 6.45) is -1.59. The molecule has 0 radical (unpaired) electrons. The Balaban J connectivity index is 0.00000204. The van der Waals surface area contributed by atoms with Gasteiger partial charge in [-0.3, -0.25) is 19.3 Å². The van der Waals surface area contributed by atoms with Gasteiger partial charge in [0.25, 0.3) is 5.91 Å². The molecular formula is C22H25N2NaO8. The average molecular weight is 468 g/mol. The molecule has 1 amide bonds. The number of fused-ring (bicyclic) bond motifs is 3. The van der Waals surface area contributed by atoms with E-state index in [1.165, 1.54) is 25.1 Å². The van der Waals surface area contributed by atoms with Gasteiger partial charge in [-0.25, -0.2) is 0 Å². The van der Waals surface area contributed by atoms with Crippen LogP contribution in [0.2, 0.25) is 0 Å². The minimum atomic E-state index is -2.89. The number of aliphatic hydroxyl groups is 4. The van der Waals surface area contributed by atoms with Crippen molar-refractivity contribution in [2.75, 3.05) is 14.1 Å². The summed E-state index contributed by atoms with van der Waals surface area (Å²) in [5.74, 6) is -8.87. The quantitative estimate of drug-likeness (QED) is 0.190. The molecule has 33 heavy (non-hydrogen) atoms. The topological polar surface area (TPSA) is 182 Å². The molecule has 4 rings (SSSR count). The number of benzene rings is 1. The number of carbonyl (C=O) groups excluding carboxylic acids is 3. The Morgan fingerprint density at radius 2 is 1.79 bits per heavy atom. The van der Waals surface area contributed by atoms with Gasteiger partial charge < -0.3 is 32.7 Å². The first kappa shape index (κ1) is 25.4. The van der Waals surface area contributed by atoms with Gasteiger partial charge >= 0.3 is 29.6 Å². The van der Waals surface area contributed by atoms with Gasteiger partial charge in [0.15, 0.2) is 11.4 Å². The molecule has 0 saturated heterocycles. The molecule has 0 bridgehead atoms. The van der Waals surface area contributed by atoms with Crippen molar-refractivity contribution in [1.82, 2.24) is 4.90 Å². The third-order valence-corrected chi connectivity index (χ3v) is 6.99. The van der Waals surface area contributed by atoms with Crippen LogP contribution in [0.5, 0.6) is 5.75 Å². The number of phenolic OH excluding ortho intramolecular Hbond substituents is 1. The van der Waals surface area contributed by atoms with Crippen molar-refractivity contribution >= 4 is 23.2 Å². The number of hydrogen-bond acceptors (Lipinski definition) is 9. The first-order chi connectivity index (χ1) is 14.9. The second-order valence-corrected chi connectivity index (χ2v) is 8.79. The first-order valence-corrected chi connectivity index (χ1v) is 10.0. The largest absolute Gasteiger partial charge is 1.00 e. The molecule has 0 unspecified atom stereocenters. The van der Waals surface area contributed by atoms with E-state index in [1.54, 1.807) is 19.1 Å². The number of Topliss-reactive ketones (excluding diaryl/α,β-unsaturated/α-hetero) is 2. The fourth-order valence-corrected chi connectivity index (χ4v) is 5.58. The molecule has 0 aromatic heterocycles. The SMILES string of the molecule is C[C@H]1c2cccc(O)c2C(O)=C2C(=O)[C@]3(O)C(O)=C(C(N)=O)C(=O)[C@@H](N(C)C)[C@H]3[C@@H](O)[C@@H]21.[H-].[Na+]. The summed E-state index contributed by atoms with van der Waals surface area (Å²) in [7, 11) is 2.92. The number of hydrogen-bond donors (Lipinski definition) is 6. The summed E-state index contributed by atoms with van der Waals surface area (Å²) in [6, 6.07) is 3.13. The van der Waals surface area contributed by atoms with Crippen LogP contribution in [0.4, 0.5) is 0 Å². The number of carbonyl (C=O) groups is 3. The maximum Gasteiger partial charge on any atom is 1.00 e. The first-order valence-electron chi connectivity index (χ1n) is 10.0. The molecule has 1 saturated carbocycles. The Morgan fingerprint density at radius 3 is 2.33 bits per heavy atom. The van der Waals surface area contributed by atoms with Crippen LogP contribution in [0, 0.1) is 11.8 Å². The van der Waals surface area contributed by atoms with Crippen LogP contribution in [0.1, 0.15) is 25.4 Å². The second kappa shape index (κ2) is 8.23. The van der Waals surface area contributed by atoms with E-state index in [1.807, 2.05) is 0 Å². The van der Waals surface area contributed by atoms with Gasteiger partial charge in [-0.05, 0) is 31.6 Å². The number of nitrogens with two attached hydrogens (primary N) is 1. The zero-order valence-electron chi connectivity index (χ0n) is 19.6. The number of rotatable bonds is 2. The molecule has 3 aliphatic rings. The minimum Gasteiger partial charge on any atom is -1.00 e. The van der Waals surface area contributed by atoms with Crippen LogP contribution in [0.3, 0.4) is 0 Å². The molecule has 0 heterocycles. The Labute approximate surface area is 212 Å². The van der Waals surface area contributed by atoms with Crippen molar-refractivity contribution in [2.45, 2.75) is 30.6 Å². The number of amides is 1. The zero-order chi connectivity index (χ0) is 23.9. The van der Waals surface area contributed by atoms with E-state index in [9.17, 15) is 39.9 Å². The molecule has 11 heteroatoms. The average Bonchev–Trinajstić information content (AvgIpc) is 2.70. The Morgan fingerprint density at radius 1 is 1.18 bits per heavy atom. The number of nitrogens with zero attached hydrogens (tertiary/aromatic N) is 1. The molecule has 0 aliphatic heterocycles. The van der Waals surface area contributed by atoms with Crippen molar-refractivity contribution in [3.05, 3.63) is 46.2 Å². The number of aromatic hydroxyl groups is 1. The maximum absolute atomic E-state index is 13.7. The molecule has 6 atom stereocenters. The summed E-state index contributed by atoms with van der Waals surface area (Å²) in [5.41, 5.74) is 1.47. The number of ketones is 2. The van der Waals surface area contributed by atoms with Gasteiger partial charge in [0.05, 0.1) is 23.6 Å². The van der Waals surface area contributed by atoms with E-state index < -0.39 is 75.6 Å². The van der Waals surface area contributed by atoms with Crippen LogP contribution in [-0.4, -0.2) is 79.7 Å². The fourth-order valence-electron chi connectivity index (χ4n) is 5.58. The minimum absolute atomic E-state index is 0. The van der Waals surface area contributed by atoms with Crippen molar-refractivity contribution < 1.29 is 70.9 Å².